The van der Waals surface area contributed by atoms with Gasteiger partial charge in [0, 0.05) is 19.1 Å². The number of likely N-dealkylation sites (tertiary alicyclic amines) is 1. The molecule has 1 amide bonds. The number of nitrogens with two attached hydrogens (primary N) is 1. The van der Waals surface area contributed by atoms with E-state index in [-0.39, 0.29) is 17.5 Å². The highest BCUT2D eigenvalue weighted by Crippen LogP contribution is 2.29. The molecule has 1 aliphatic rings. The summed E-state index contributed by atoms with van der Waals surface area (Å²) in [6.45, 7) is 1.41. The second-order valence-electron chi connectivity index (χ2n) is 7.44. The fraction of sp³-hybridized carbons (Fsp3) is 0.208. The number of ether oxygens (including phenoxy) is 2. The summed E-state index contributed by atoms with van der Waals surface area (Å²) >= 11 is 0. The van der Waals surface area contributed by atoms with Crippen LogP contribution in [0.25, 0.3) is 0 Å². The molecule has 2 aromatic carbocycles. The quantitative estimate of drug-likeness (QED) is 0.543. The fourth-order valence-corrected chi connectivity index (χ4v) is 3.46. The van der Waals surface area contributed by atoms with Crippen molar-refractivity contribution in [1.29, 1.82) is 5.26 Å². The second kappa shape index (κ2) is 9.71. The molecule has 32 heavy (non-hydrogen) atoms. The van der Waals surface area contributed by atoms with E-state index in [4.69, 9.17) is 20.5 Å². The lowest BCUT2D eigenvalue weighted by molar-refractivity contribution is 0.0997. The van der Waals surface area contributed by atoms with E-state index >= 15 is 0 Å². The molecule has 1 fully saturated rings. The maximum Gasteiger partial charge on any atom is 0.254 e. The summed E-state index contributed by atoms with van der Waals surface area (Å²) in [5.74, 6) is 1.41. The molecule has 2 heterocycles. The van der Waals surface area contributed by atoms with Gasteiger partial charge in [-0.2, -0.15) is 5.26 Å². The molecular weight excluding hydrogens is 406 g/mol. The van der Waals surface area contributed by atoms with Crippen molar-refractivity contribution in [1.82, 2.24) is 9.88 Å². The summed E-state index contributed by atoms with van der Waals surface area (Å²) in [6.07, 6.45) is 5.44. The van der Waals surface area contributed by atoms with Gasteiger partial charge in [0.2, 0.25) is 5.88 Å². The van der Waals surface area contributed by atoms with Crippen molar-refractivity contribution in [3.8, 4) is 29.3 Å². The number of rotatable bonds is 7. The van der Waals surface area contributed by atoms with Crippen molar-refractivity contribution >= 4 is 11.6 Å². The Morgan fingerprint density at radius 2 is 1.66 bits per heavy atom. The van der Waals surface area contributed by atoms with Crippen LogP contribution in [0.5, 0.6) is 23.1 Å². The van der Waals surface area contributed by atoms with Gasteiger partial charge in [-0.3, -0.25) is 4.79 Å². The summed E-state index contributed by atoms with van der Waals surface area (Å²) < 4.78 is 11.6. The Morgan fingerprint density at radius 3 is 2.28 bits per heavy atom. The predicted octanol–water partition coefficient (Wildman–Crippen LogP) is 4.12. The lowest BCUT2D eigenvalue weighted by Gasteiger charge is -2.29. The molecule has 1 aromatic heterocycles. The first-order valence-electron chi connectivity index (χ1n) is 10.3. The standard InChI is InChI=1S/C24H23N5O3/c25-16-29-12-10-17(11-13-29)28-18-14-22(23(26)30)24(27-15-18)32-21-8-6-20(7-9-21)31-19-4-2-1-3-5-19/h1-9,14-15,17,28H,10-13H2,(H2,26,30). The van der Waals surface area contributed by atoms with E-state index in [0.717, 1.165) is 18.6 Å². The van der Waals surface area contributed by atoms with Crippen LogP contribution in [0.15, 0.2) is 66.9 Å². The molecule has 4 rings (SSSR count). The minimum Gasteiger partial charge on any atom is -0.457 e. The SMILES string of the molecule is N#CN1CCC(Nc2cnc(Oc3ccc(Oc4ccccc4)cc3)c(C(N)=O)c2)CC1. The van der Waals surface area contributed by atoms with Gasteiger partial charge < -0.3 is 25.4 Å². The van der Waals surface area contributed by atoms with E-state index in [1.165, 1.54) is 0 Å². The third-order valence-electron chi connectivity index (χ3n) is 5.14. The van der Waals surface area contributed by atoms with Crippen molar-refractivity contribution < 1.29 is 14.3 Å². The van der Waals surface area contributed by atoms with Crippen molar-refractivity contribution in [3.63, 3.8) is 0 Å². The number of anilines is 1. The Bertz CT molecular complexity index is 1100. The number of hydrogen-bond donors (Lipinski definition) is 2. The molecule has 3 aromatic rings. The number of nitriles is 1. The van der Waals surface area contributed by atoms with Crippen molar-refractivity contribution in [2.45, 2.75) is 18.9 Å². The Labute approximate surface area is 186 Å². The zero-order valence-electron chi connectivity index (χ0n) is 17.4. The highest BCUT2D eigenvalue weighted by Gasteiger charge is 2.20. The van der Waals surface area contributed by atoms with Crippen LogP contribution in [0.3, 0.4) is 0 Å². The first-order valence-corrected chi connectivity index (χ1v) is 10.3. The number of nitrogens with zero attached hydrogens (tertiary/aromatic N) is 3. The van der Waals surface area contributed by atoms with Crippen LogP contribution in [0.2, 0.25) is 0 Å². The summed E-state index contributed by atoms with van der Waals surface area (Å²) in [5, 5.41) is 12.3. The van der Waals surface area contributed by atoms with Crippen LogP contribution < -0.4 is 20.5 Å². The number of pyridine rings is 1. The van der Waals surface area contributed by atoms with E-state index < -0.39 is 5.91 Å². The normalized spacial score (nSPS) is 13.8. The second-order valence-corrected chi connectivity index (χ2v) is 7.44. The van der Waals surface area contributed by atoms with Crippen LogP contribution >= 0.6 is 0 Å². The molecule has 0 bridgehead atoms. The number of benzene rings is 2. The minimum atomic E-state index is -0.625. The molecule has 162 valence electrons. The van der Waals surface area contributed by atoms with E-state index in [2.05, 4.69) is 16.5 Å². The van der Waals surface area contributed by atoms with Crippen LogP contribution in [0.1, 0.15) is 23.2 Å². The Morgan fingerprint density at radius 1 is 1.03 bits per heavy atom. The molecule has 0 spiro atoms. The molecule has 1 aliphatic heterocycles. The molecule has 0 atom stereocenters. The van der Waals surface area contributed by atoms with Gasteiger partial charge in [0.25, 0.3) is 5.91 Å². The van der Waals surface area contributed by atoms with Crippen LogP contribution in [-0.2, 0) is 0 Å². The Balaban J connectivity index is 1.43. The molecule has 0 saturated carbocycles. The number of nitrogens with one attached hydrogen (secondary N) is 1. The monoisotopic (exact) mass is 429 g/mol. The third-order valence-corrected chi connectivity index (χ3v) is 5.14. The van der Waals surface area contributed by atoms with Gasteiger partial charge in [0.15, 0.2) is 6.19 Å². The van der Waals surface area contributed by atoms with Gasteiger partial charge in [-0.15, -0.1) is 0 Å². The highest BCUT2D eigenvalue weighted by molar-refractivity contribution is 5.96. The number of aromatic nitrogens is 1. The lowest BCUT2D eigenvalue weighted by Crippen LogP contribution is -2.36. The number of piperidine rings is 1. The lowest BCUT2D eigenvalue weighted by atomic mass is 10.1. The predicted molar refractivity (Wildman–Crippen MR) is 120 cm³/mol. The van der Waals surface area contributed by atoms with Crippen molar-refractivity contribution in [3.05, 3.63) is 72.4 Å². The molecule has 0 radical (unpaired) electrons. The largest absolute Gasteiger partial charge is 0.457 e. The van der Waals surface area contributed by atoms with Gasteiger partial charge in [0.05, 0.1) is 11.9 Å². The van der Waals surface area contributed by atoms with Crippen LogP contribution in [0, 0.1) is 11.5 Å². The van der Waals surface area contributed by atoms with Gasteiger partial charge >= 0.3 is 0 Å². The van der Waals surface area contributed by atoms with E-state index in [1.807, 2.05) is 30.3 Å². The van der Waals surface area contributed by atoms with Gasteiger partial charge in [-0.1, -0.05) is 18.2 Å². The van der Waals surface area contributed by atoms with Gasteiger partial charge in [-0.25, -0.2) is 4.98 Å². The Hall–Kier alpha value is -4.25. The number of carbonyl (C=O) groups excluding carboxylic acids is 1. The summed E-state index contributed by atoms with van der Waals surface area (Å²) in [7, 11) is 0. The average Bonchev–Trinajstić information content (AvgIpc) is 2.82. The smallest absolute Gasteiger partial charge is 0.254 e. The number of para-hydroxylation sites is 1. The highest BCUT2D eigenvalue weighted by atomic mass is 16.5. The zero-order chi connectivity index (χ0) is 22.3. The molecule has 1 saturated heterocycles. The van der Waals surface area contributed by atoms with Crippen LogP contribution in [0.4, 0.5) is 5.69 Å². The summed E-state index contributed by atoms with van der Waals surface area (Å²) in [6, 6.07) is 18.3. The molecular formula is C24H23N5O3. The van der Waals surface area contributed by atoms with E-state index in [0.29, 0.717) is 30.3 Å². The number of carbonyl (C=O) groups is 1. The minimum absolute atomic E-state index is 0.138. The maximum atomic E-state index is 12.0. The van der Waals surface area contributed by atoms with E-state index in [9.17, 15) is 4.79 Å². The number of amides is 1. The van der Waals surface area contributed by atoms with Crippen molar-refractivity contribution in [2.24, 2.45) is 5.73 Å². The third kappa shape index (κ3) is 5.26. The van der Waals surface area contributed by atoms with Crippen molar-refractivity contribution in [2.75, 3.05) is 18.4 Å². The Kier molecular flexibility index (Phi) is 6.37. The van der Waals surface area contributed by atoms with Gasteiger partial charge in [-0.05, 0) is 55.3 Å². The molecule has 8 heteroatoms. The summed E-state index contributed by atoms with van der Waals surface area (Å²) in [5.41, 5.74) is 6.44. The molecule has 3 N–H and O–H groups in total. The fourth-order valence-electron chi connectivity index (χ4n) is 3.46. The molecule has 0 aliphatic carbocycles. The first-order chi connectivity index (χ1) is 15.6. The number of primary amides is 1. The molecule has 8 nitrogen and oxygen atoms in total. The summed E-state index contributed by atoms with van der Waals surface area (Å²) in [4.78, 5) is 18.0. The van der Waals surface area contributed by atoms with Crippen LogP contribution in [-0.4, -0.2) is 34.9 Å². The number of hydrogen-bond acceptors (Lipinski definition) is 7. The molecule has 0 unspecified atom stereocenters. The average molecular weight is 429 g/mol. The maximum absolute atomic E-state index is 12.0. The van der Waals surface area contributed by atoms with Gasteiger partial charge in [0.1, 0.15) is 22.8 Å². The zero-order valence-corrected chi connectivity index (χ0v) is 17.4. The van der Waals surface area contributed by atoms with E-state index in [1.54, 1.807) is 41.4 Å². The topological polar surface area (TPSA) is 114 Å². The first kappa shape index (κ1) is 21.0.